The molecular weight excluding hydrogens is 214 g/mol. The molecule has 0 spiro atoms. The van der Waals surface area contributed by atoms with Gasteiger partial charge < -0.3 is 4.52 Å². The highest BCUT2D eigenvalue weighted by Gasteiger charge is 2.22. The van der Waals surface area contributed by atoms with Gasteiger partial charge in [-0.25, -0.2) is 0 Å². The summed E-state index contributed by atoms with van der Waals surface area (Å²) in [4.78, 5) is 0. The Bertz CT molecular complexity index is 465. The first kappa shape index (κ1) is 11.9. The molecule has 0 bridgehead atoms. The summed E-state index contributed by atoms with van der Waals surface area (Å²) in [6.45, 7) is 8.71. The van der Waals surface area contributed by atoms with E-state index in [4.69, 9.17) is 4.52 Å². The average Bonchev–Trinajstić information content (AvgIpc) is 2.85. The maximum Gasteiger partial charge on any atom is 0.139 e. The Balaban J connectivity index is 2.17. The van der Waals surface area contributed by atoms with Crippen LogP contribution in [0.2, 0.25) is 0 Å². The lowest BCUT2D eigenvalue weighted by molar-refractivity contribution is 0.363. The topological polar surface area (TPSA) is 54.7 Å². The maximum atomic E-state index is 5.18. The zero-order valence-electron chi connectivity index (χ0n) is 10.8. The van der Waals surface area contributed by atoms with Crippen LogP contribution in [0.15, 0.2) is 23.0 Å². The van der Waals surface area contributed by atoms with Gasteiger partial charge in [-0.3, -0.25) is 5.10 Å². The van der Waals surface area contributed by atoms with E-state index < -0.39 is 0 Å². The fourth-order valence-electron chi connectivity index (χ4n) is 1.99. The first-order chi connectivity index (χ1) is 7.98. The summed E-state index contributed by atoms with van der Waals surface area (Å²) in [5.41, 5.74) is 2.49. The van der Waals surface area contributed by atoms with Gasteiger partial charge in [-0.05, 0) is 11.0 Å². The highest BCUT2D eigenvalue weighted by Crippen LogP contribution is 2.28. The average molecular weight is 233 g/mol. The van der Waals surface area contributed by atoms with Gasteiger partial charge in [-0.15, -0.1) is 0 Å². The van der Waals surface area contributed by atoms with Crippen molar-refractivity contribution in [1.82, 2.24) is 15.4 Å². The molecule has 17 heavy (non-hydrogen) atoms. The van der Waals surface area contributed by atoms with Crippen molar-refractivity contribution in [1.29, 1.82) is 0 Å². The summed E-state index contributed by atoms with van der Waals surface area (Å²) in [6, 6.07) is 1.91. The van der Waals surface area contributed by atoms with Crippen LogP contribution in [0.5, 0.6) is 0 Å². The molecule has 92 valence electrons. The lowest BCUT2D eigenvalue weighted by Crippen LogP contribution is -2.14. The van der Waals surface area contributed by atoms with E-state index in [0.717, 1.165) is 17.9 Å². The maximum absolute atomic E-state index is 5.18. The predicted octanol–water partition coefficient (Wildman–Crippen LogP) is 3.04. The summed E-state index contributed by atoms with van der Waals surface area (Å²) >= 11 is 0. The van der Waals surface area contributed by atoms with Crippen molar-refractivity contribution in [3.8, 4) is 0 Å². The molecule has 1 N–H and O–H groups in total. The van der Waals surface area contributed by atoms with Gasteiger partial charge in [-0.1, -0.05) is 32.9 Å². The minimum Gasteiger partial charge on any atom is -0.361 e. The van der Waals surface area contributed by atoms with Gasteiger partial charge >= 0.3 is 0 Å². The molecule has 4 heteroatoms. The minimum atomic E-state index is 0.115. The quantitative estimate of drug-likeness (QED) is 0.886. The van der Waals surface area contributed by atoms with Crippen LogP contribution in [0.1, 0.15) is 50.6 Å². The second-order valence-corrected chi connectivity index (χ2v) is 5.52. The van der Waals surface area contributed by atoms with E-state index in [-0.39, 0.29) is 5.41 Å². The Kier molecular flexibility index (Phi) is 3.05. The largest absolute Gasteiger partial charge is 0.361 e. The van der Waals surface area contributed by atoms with Crippen molar-refractivity contribution in [2.24, 2.45) is 0 Å². The Morgan fingerprint density at radius 2 is 2.18 bits per heavy atom. The number of rotatable bonds is 3. The fraction of sp³-hybridized carbons (Fsp3) is 0.538. The molecule has 2 rings (SSSR count). The van der Waals surface area contributed by atoms with Crippen LogP contribution >= 0.6 is 0 Å². The van der Waals surface area contributed by atoms with Crippen LogP contribution < -0.4 is 0 Å². The van der Waals surface area contributed by atoms with Crippen molar-refractivity contribution in [2.45, 2.75) is 45.4 Å². The SMILES string of the molecule is CC(Cc1n[nH]cc1C(C)(C)C)c1ccno1. The van der Waals surface area contributed by atoms with Crippen molar-refractivity contribution in [2.75, 3.05) is 0 Å². The highest BCUT2D eigenvalue weighted by atomic mass is 16.5. The van der Waals surface area contributed by atoms with Gasteiger partial charge in [-0.2, -0.15) is 5.10 Å². The molecular formula is C13H19N3O. The minimum absolute atomic E-state index is 0.115. The molecule has 4 nitrogen and oxygen atoms in total. The first-order valence-corrected chi connectivity index (χ1v) is 5.92. The van der Waals surface area contributed by atoms with Crippen LogP contribution in [-0.2, 0) is 11.8 Å². The number of H-pyrrole nitrogens is 1. The molecule has 0 aliphatic heterocycles. The van der Waals surface area contributed by atoms with Gasteiger partial charge in [0.1, 0.15) is 5.76 Å². The molecule has 0 amide bonds. The molecule has 0 fully saturated rings. The van der Waals surface area contributed by atoms with Crippen molar-refractivity contribution < 1.29 is 4.52 Å². The molecule has 1 atom stereocenters. The van der Waals surface area contributed by atoms with Crippen molar-refractivity contribution in [3.05, 3.63) is 35.5 Å². The van der Waals surface area contributed by atoms with Gasteiger partial charge in [0.2, 0.25) is 0 Å². The van der Waals surface area contributed by atoms with Gasteiger partial charge in [0, 0.05) is 24.6 Å². The zero-order valence-corrected chi connectivity index (χ0v) is 10.8. The Labute approximate surface area is 101 Å². The molecule has 0 aromatic carbocycles. The van der Waals surface area contributed by atoms with Crippen LogP contribution in [0.25, 0.3) is 0 Å². The van der Waals surface area contributed by atoms with E-state index in [0.29, 0.717) is 5.92 Å². The monoisotopic (exact) mass is 233 g/mol. The molecule has 2 aromatic rings. The van der Waals surface area contributed by atoms with Gasteiger partial charge in [0.15, 0.2) is 0 Å². The molecule has 2 heterocycles. The second-order valence-electron chi connectivity index (χ2n) is 5.52. The third-order valence-corrected chi connectivity index (χ3v) is 2.97. The van der Waals surface area contributed by atoms with E-state index in [1.165, 1.54) is 5.56 Å². The third-order valence-electron chi connectivity index (χ3n) is 2.97. The summed E-state index contributed by atoms with van der Waals surface area (Å²) in [5.74, 6) is 1.20. The number of nitrogens with zero attached hydrogens (tertiary/aromatic N) is 2. The predicted molar refractivity (Wildman–Crippen MR) is 65.9 cm³/mol. The van der Waals surface area contributed by atoms with E-state index in [1.54, 1.807) is 6.20 Å². The molecule has 0 saturated heterocycles. The molecule has 0 aliphatic rings. The Hall–Kier alpha value is -1.58. The Morgan fingerprint density at radius 1 is 1.41 bits per heavy atom. The molecule has 0 radical (unpaired) electrons. The van der Waals surface area contributed by atoms with E-state index in [1.807, 2.05) is 12.3 Å². The first-order valence-electron chi connectivity index (χ1n) is 5.92. The number of aromatic nitrogens is 3. The summed E-state index contributed by atoms with van der Waals surface area (Å²) in [5, 5.41) is 11.0. The fourth-order valence-corrected chi connectivity index (χ4v) is 1.99. The Morgan fingerprint density at radius 3 is 2.76 bits per heavy atom. The van der Waals surface area contributed by atoms with Gasteiger partial charge in [0.25, 0.3) is 0 Å². The molecule has 0 saturated carbocycles. The van der Waals surface area contributed by atoms with E-state index >= 15 is 0 Å². The van der Waals surface area contributed by atoms with Crippen LogP contribution in [-0.4, -0.2) is 15.4 Å². The van der Waals surface area contributed by atoms with Crippen LogP contribution in [0.3, 0.4) is 0 Å². The summed E-state index contributed by atoms with van der Waals surface area (Å²) < 4.78 is 5.18. The lowest BCUT2D eigenvalue weighted by Gasteiger charge is -2.19. The summed E-state index contributed by atoms with van der Waals surface area (Å²) in [6.07, 6.45) is 4.54. The summed E-state index contributed by atoms with van der Waals surface area (Å²) in [7, 11) is 0. The number of hydrogen-bond donors (Lipinski definition) is 1. The lowest BCUT2D eigenvalue weighted by atomic mass is 9.85. The van der Waals surface area contributed by atoms with Crippen LogP contribution in [0.4, 0.5) is 0 Å². The normalized spacial score (nSPS) is 13.9. The number of nitrogens with one attached hydrogen (secondary N) is 1. The zero-order chi connectivity index (χ0) is 12.5. The molecule has 2 aromatic heterocycles. The highest BCUT2D eigenvalue weighted by molar-refractivity contribution is 5.26. The van der Waals surface area contributed by atoms with E-state index in [9.17, 15) is 0 Å². The standard InChI is InChI=1S/C13H19N3O/c1-9(12-5-6-15-17-12)7-11-10(8-14-16-11)13(2,3)4/h5-6,8-9H,7H2,1-4H3,(H,14,16). The molecule has 1 unspecified atom stereocenters. The number of hydrogen-bond acceptors (Lipinski definition) is 3. The smallest absolute Gasteiger partial charge is 0.139 e. The molecule has 0 aliphatic carbocycles. The van der Waals surface area contributed by atoms with E-state index in [2.05, 4.69) is 43.0 Å². The van der Waals surface area contributed by atoms with Crippen molar-refractivity contribution >= 4 is 0 Å². The third kappa shape index (κ3) is 2.57. The van der Waals surface area contributed by atoms with Gasteiger partial charge in [0.05, 0.1) is 11.9 Å². The van der Waals surface area contributed by atoms with Crippen molar-refractivity contribution in [3.63, 3.8) is 0 Å². The van der Waals surface area contributed by atoms with Crippen LogP contribution in [0, 0.1) is 0 Å². The second kappa shape index (κ2) is 4.35. The number of aromatic amines is 1.